The van der Waals surface area contributed by atoms with Gasteiger partial charge in [0.15, 0.2) is 0 Å². The highest BCUT2D eigenvalue weighted by Gasteiger charge is 2.05. The molecular formula is C13H18ClN. The highest BCUT2D eigenvalue weighted by atomic mass is 35.5. The van der Waals surface area contributed by atoms with Crippen LogP contribution < -0.4 is 5.73 Å². The molecule has 0 amide bonds. The topological polar surface area (TPSA) is 26.0 Å². The van der Waals surface area contributed by atoms with Gasteiger partial charge in [-0.1, -0.05) is 42.8 Å². The molecule has 0 aliphatic carbocycles. The van der Waals surface area contributed by atoms with Gasteiger partial charge in [-0.2, -0.15) is 0 Å². The lowest BCUT2D eigenvalue weighted by Crippen LogP contribution is -2.23. The maximum atomic E-state index is 6.03. The Bertz CT molecular complexity index is 316. The molecule has 0 aliphatic rings. The van der Waals surface area contributed by atoms with Crippen LogP contribution in [0.4, 0.5) is 0 Å². The molecule has 0 radical (unpaired) electrons. The van der Waals surface area contributed by atoms with E-state index in [1.54, 1.807) is 0 Å². The minimum Gasteiger partial charge on any atom is -0.327 e. The third-order valence-corrected chi connectivity index (χ3v) is 2.71. The number of hydrogen-bond acceptors (Lipinski definition) is 1. The summed E-state index contributed by atoms with van der Waals surface area (Å²) in [6.45, 7) is 6.08. The van der Waals surface area contributed by atoms with Crippen molar-refractivity contribution < 1.29 is 0 Å². The molecule has 0 saturated heterocycles. The van der Waals surface area contributed by atoms with E-state index in [0.717, 1.165) is 24.3 Å². The summed E-state index contributed by atoms with van der Waals surface area (Å²) in [4.78, 5) is 0. The Morgan fingerprint density at radius 1 is 1.40 bits per heavy atom. The molecule has 1 nitrogen and oxygen atoms in total. The minimum absolute atomic E-state index is 0.165. The zero-order chi connectivity index (χ0) is 11.3. The lowest BCUT2D eigenvalue weighted by atomic mass is 9.99. The van der Waals surface area contributed by atoms with Crippen LogP contribution in [0.5, 0.6) is 0 Å². The van der Waals surface area contributed by atoms with Crippen LogP contribution in [0.25, 0.3) is 0 Å². The van der Waals surface area contributed by atoms with Gasteiger partial charge in [0.1, 0.15) is 0 Å². The minimum atomic E-state index is 0.165. The molecule has 0 aromatic heterocycles. The Kier molecular flexibility index (Phi) is 4.86. The molecule has 2 N–H and O–H groups in total. The van der Waals surface area contributed by atoms with Gasteiger partial charge in [0.05, 0.1) is 0 Å². The first kappa shape index (κ1) is 12.3. The first-order valence-electron chi connectivity index (χ1n) is 5.28. The second-order valence-electron chi connectivity index (χ2n) is 3.90. The van der Waals surface area contributed by atoms with Crippen molar-refractivity contribution in [1.29, 1.82) is 0 Å². The molecule has 1 aromatic rings. The highest BCUT2D eigenvalue weighted by molar-refractivity contribution is 6.30. The van der Waals surface area contributed by atoms with Crippen molar-refractivity contribution >= 4 is 11.6 Å². The monoisotopic (exact) mass is 223 g/mol. The van der Waals surface area contributed by atoms with Crippen LogP contribution in [0, 0.1) is 0 Å². The Labute approximate surface area is 96.9 Å². The number of nitrogens with two attached hydrogens (primary N) is 1. The summed E-state index contributed by atoms with van der Waals surface area (Å²) in [5.74, 6) is 0. The van der Waals surface area contributed by atoms with Crippen molar-refractivity contribution in [2.45, 2.75) is 32.2 Å². The predicted molar refractivity (Wildman–Crippen MR) is 67.2 cm³/mol. The zero-order valence-corrected chi connectivity index (χ0v) is 9.93. The first-order valence-corrected chi connectivity index (χ1v) is 5.66. The van der Waals surface area contributed by atoms with Gasteiger partial charge in [-0.15, -0.1) is 0 Å². The molecule has 0 bridgehead atoms. The molecule has 1 rings (SSSR count). The summed E-state index contributed by atoms with van der Waals surface area (Å²) in [6.07, 6.45) is 2.80. The molecule has 1 aromatic carbocycles. The van der Waals surface area contributed by atoms with Crippen LogP contribution in [0.3, 0.4) is 0 Å². The number of benzene rings is 1. The number of hydrogen-bond donors (Lipinski definition) is 1. The van der Waals surface area contributed by atoms with E-state index in [-0.39, 0.29) is 6.04 Å². The van der Waals surface area contributed by atoms with E-state index in [1.807, 2.05) is 24.3 Å². The first-order chi connectivity index (χ1) is 7.11. The molecule has 1 unspecified atom stereocenters. The van der Waals surface area contributed by atoms with E-state index in [4.69, 9.17) is 17.3 Å². The SMILES string of the molecule is C=C(CC)CC(N)Cc1ccc(Cl)cc1. The third-order valence-electron chi connectivity index (χ3n) is 2.46. The van der Waals surface area contributed by atoms with E-state index in [1.165, 1.54) is 11.1 Å². The molecule has 0 heterocycles. The van der Waals surface area contributed by atoms with Gasteiger partial charge in [-0.05, 0) is 37.0 Å². The fraction of sp³-hybridized carbons (Fsp3) is 0.385. The fourth-order valence-corrected chi connectivity index (χ4v) is 1.64. The van der Waals surface area contributed by atoms with Crippen LogP contribution in [0.15, 0.2) is 36.4 Å². The van der Waals surface area contributed by atoms with Gasteiger partial charge in [-0.3, -0.25) is 0 Å². The van der Waals surface area contributed by atoms with Crippen molar-refractivity contribution in [2.75, 3.05) is 0 Å². The lowest BCUT2D eigenvalue weighted by molar-refractivity contribution is 0.651. The average molecular weight is 224 g/mol. The van der Waals surface area contributed by atoms with Crippen LogP contribution in [0.2, 0.25) is 5.02 Å². The van der Waals surface area contributed by atoms with Gasteiger partial charge in [0.2, 0.25) is 0 Å². The number of rotatable bonds is 5. The molecule has 1 atom stereocenters. The summed E-state index contributed by atoms with van der Waals surface area (Å²) in [6, 6.07) is 8.02. The molecule has 0 spiro atoms. The van der Waals surface area contributed by atoms with E-state index in [0.29, 0.717) is 0 Å². The maximum absolute atomic E-state index is 6.03. The summed E-state index contributed by atoms with van der Waals surface area (Å²) >= 11 is 5.81. The normalized spacial score (nSPS) is 12.5. The van der Waals surface area contributed by atoms with Crippen molar-refractivity contribution in [3.8, 4) is 0 Å². The summed E-state index contributed by atoms with van der Waals surface area (Å²) in [7, 11) is 0. The third kappa shape index (κ3) is 4.50. The molecule has 2 heteroatoms. The Balaban J connectivity index is 2.47. The maximum Gasteiger partial charge on any atom is 0.0406 e. The van der Waals surface area contributed by atoms with Crippen molar-refractivity contribution in [3.63, 3.8) is 0 Å². The van der Waals surface area contributed by atoms with Crippen molar-refractivity contribution in [3.05, 3.63) is 47.0 Å². The number of halogens is 1. The van der Waals surface area contributed by atoms with E-state index >= 15 is 0 Å². The predicted octanol–water partition coefficient (Wildman–Crippen LogP) is 3.57. The highest BCUT2D eigenvalue weighted by Crippen LogP contribution is 2.13. The van der Waals surface area contributed by atoms with Crippen LogP contribution in [-0.4, -0.2) is 6.04 Å². The van der Waals surface area contributed by atoms with Gasteiger partial charge in [-0.25, -0.2) is 0 Å². The second-order valence-corrected chi connectivity index (χ2v) is 4.33. The smallest absolute Gasteiger partial charge is 0.0406 e. The Hall–Kier alpha value is -0.790. The van der Waals surface area contributed by atoms with E-state index < -0.39 is 0 Å². The summed E-state index contributed by atoms with van der Waals surface area (Å²) < 4.78 is 0. The van der Waals surface area contributed by atoms with Crippen molar-refractivity contribution in [2.24, 2.45) is 5.73 Å². The van der Waals surface area contributed by atoms with Crippen molar-refractivity contribution in [1.82, 2.24) is 0 Å². The lowest BCUT2D eigenvalue weighted by Gasteiger charge is -2.12. The fourth-order valence-electron chi connectivity index (χ4n) is 1.51. The van der Waals surface area contributed by atoms with Crippen LogP contribution in [-0.2, 0) is 6.42 Å². The molecule has 15 heavy (non-hydrogen) atoms. The van der Waals surface area contributed by atoms with Crippen LogP contribution >= 0.6 is 11.6 Å². The summed E-state index contributed by atoms with van der Waals surface area (Å²) in [5.41, 5.74) is 8.48. The average Bonchev–Trinajstić information content (AvgIpc) is 2.21. The standard InChI is InChI=1S/C13H18ClN/c1-3-10(2)8-13(15)9-11-4-6-12(14)7-5-11/h4-7,13H,2-3,8-9,15H2,1H3. The molecule has 0 saturated carbocycles. The zero-order valence-electron chi connectivity index (χ0n) is 9.17. The van der Waals surface area contributed by atoms with Gasteiger partial charge in [0.25, 0.3) is 0 Å². The molecule has 0 aliphatic heterocycles. The molecular weight excluding hydrogens is 206 g/mol. The van der Waals surface area contributed by atoms with E-state index in [9.17, 15) is 0 Å². The largest absolute Gasteiger partial charge is 0.327 e. The van der Waals surface area contributed by atoms with Gasteiger partial charge in [0, 0.05) is 11.1 Å². The van der Waals surface area contributed by atoms with Gasteiger partial charge >= 0.3 is 0 Å². The van der Waals surface area contributed by atoms with E-state index in [2.05, 4.69) is 13.5 Å². The molecule has 0 fully saturated rings. The quantitative estimate of drug-likeness (QED) is 0.759. The van der Waals surface area contributed by atoms with Gasteiger partial charge < -0.3 is 5.73 Å². The Morgan fingerprint density at radius 3 is 2.53 bits per heavy atom. The summed E-state index contributed by atoms with van der Waals surface area (Å²) in [5, 5.41) is 0.769. The van der Waals surface area contributed by atoms with Crippen LogP contribution in [0.1, 0.15) is 25.3 Å². The molecule has 82 valence electrons. The Morgan fingerprint density at radius 2 is 2.00 bits per heavy atom. The second kappa shape index (κ2) is 5.94.